The maximum absolute atomic E-state index is 13.1. The number of halogens is 2. The second-order valence-electron chi connectivity index (χ2n) is 4.58. The van der Waals surface area contributed by atoms with Gasteiger partial charge in [-0.05, 0) is 46.6 Å². The van der Waals surface area contributed by atoms with Crippen LogP contribution in [0.3, 0.4) is 0 Å². The van der Waals surface area contributed by atoms with E-state index in [1.165, 1.54) is 49.5 Å². The Bertz CT molecular complexity index is 809. The highest BCUT2D eigenvalue weighted by Crippen LogP contribution is 2.21. The molecule has 2 rings (SSSR count). The molecule has 0 atom stereocenters. The fourth-order valence-corrected chi connectivity index (χ4v) is 2.28. The van der Waals surface area contributed by atoms with Crippen molar-refractivity contribution in [2.45, 2.75) is 6.92 Å². The van der Waals surface area contributed by atoms with Gasteiger partial charge in [0, 0.05) is 11.6 Å². The minimum Gasteiger partial charge on any atom is -0.267 e. The van der Waals surface area contributed by atoms with Gasteiger partial charge in [0.25, 0.3) is 11.6 Å². The summed E-state index contributed by atoms with van der Waals surface area (Å²) in [7, 11) is 0. The van der Waals surface area contributed by atoms with Gasteiger partial charge in [-0.25, -0.2) is 9.82 Å². The molecule has 0 aliphatic rings. The Morgan fingerprint density at radius 1 is 1.39 bits per heavy atom. The van der Waals surface area contributed by atoms with E-state index in [0.29, 0.717) is 5.56 Å². The first-order valence-corrected chi connectivity index (χ1v) is 7.22. The van der Waals surface area contributed by atoms with Crippen molar-refractivity contribution in [2.75, 3.05) is 0 Å². The SMILES string of the molecule is Cc1c(C(=O)N/N=C\c2ccc(F)c(Br)c2)cccc1[N+](=O)[O-]. The minimum absolute atomic E-state index is 0.135. The first-order valence-electron chi connectivity index (χ1n) is 6.42. The number of nitrogens with one attached hydrogen (secondary N) is 1. The topological polar surface area (TPSA) is 84.6 Å². The average molecular weight is 380 g/mol. The number of nitro groups is 1. The number of nitrogens with zero attached hydrogens (tertiary/aromatic N) is 2. The van der Waals surface area contributed by atoms with E-state index in [0.717, 1.165) is 0 Å². The summed E-state index contributed by atoms with van der Waals surface area (Å²) >= 11 is 3.05. The van der Waals surface area contributed by atoms with Gasteiger partial charge in [-0.1, -0.05) is 12.1 Å². The molecule has 0 unspecified atom stereocenters. The lowest BCUT2D eigenvalue weighted by atomic mass is 10.1. The zero-order valence-electron chi connectivity index (χ0n) is 11.9. The summed E-state index contributed by atoms with van der Waals surface area (Å²) in [6.07, 6.45) is 1.34. The molecule has 0 fully saturated rings. The van der Waals surface area contributed by atoms with Crippen LogP contribution in [-0.4, -0.2) is 17.0 Å². The molecule has 1 amide bonds. The zero-order valence-corrected chi connectivity index (χ0v) is 13.5. The second kappa shape index (κ2) is 7.10. The summed E-state index contributed by atoms with van der Waals surface area (Å²) < 4.78 is 13.4. The maximum Gasteiger partial charge on any atom is 0.273 e. The minimum atomic E-state index is -0.566. The Labute approximate surface area is 139 Å². The smallest absolute Gasteiger partial charge is 0.267 e. The third-order valence-corrected chi connectivity index (χ3v) is 3.68. The van der Waals surface area contributed by atoms with Gasteiger partial charge in [-0.3, -0.25) is 14.9 Å². The third-order valence-electron chi connectivity index (χ3n) is 3.07. The summed E-state index contributed by atoms with van der Waals surface area (Å²) in [5, 5.41) is 14.6. The maximum atomic E-state index is 13.1. The molecule has 0 saturated carbocycles. The molecule has 2 aromatic rings. The predicted molar refractivity (Wildman–Crippen MR) is 87.0 cm³/mol. The monoisotopic (exact) mass is 379 g/mol. The van der Waals surface area contributed by atoms with Gasteiger partial charge in [-0.15, -0.1) is 0 Å². The van der Waals surface area contributed by atoms with Gasteiger partial charge in [-0.2, -0.15) is 5.10 Å². The van der Waals surface area contributed by atoms with E-state index in [2.05, 4.69) is 26.5 Å². The zero-order chi connectivity index (χ0) is 17.0. The van der Waals surface area contributed by atoms with Crippen LogP contribution in [0.5, 0.6) is 0 Å². The van der Waals surface area contributed by atoms with Gasteiger partial charge in [0.2, 0.25) is 0 Å². The van der Waals surface area contributed by atoms with Crippen LogP contribution in [0.2, 0.25) is 0 Å². The van der Waals surface area contributed by atoms with Crippen molar-refractivity contribution in [1.29, 1.82) is 0 Å². The molecule has 23 heavy (non-hydrogen) atoms. The quantitative estimate of drug-likeness (QED) is 0.500. The third kappa shape index (κ3) is 3.98. The van der Waals surface area contributed by atoms with Crippen molar-refractivity contribution in [1.82, 2.24) is 5.43 Å². The van der Waals surface area contributed by atoms with Crippen LogP contribution in [-0.2, 0) is 0 Å². The van der Waals surface area contributed by atoms with E-state index in [1.807, 2.05) is 0 Å². The standard InChI is InChI=1S/C15H11BrFN3O3/c1-9-11(3-2-4-14(9)20(22)23)15(21)19-18-8-10-5-6-13(17)12(16)7-10/h2-8H,1H3,(H,19,21)/b18-8-. The van der Waals surface area contributed by atoms with E-state index >= 15 is 0 Å². The summed E-state index contributed by atoms with van der Waals surface area (Å²) in [5.41, 5.74) is 3.15. The Kier molecular flexibility index (Phi) is 5.17. The van der Waals surface area contributed by atoms with Crippen molar-refractivity contribution in [3.8, 4) is 0 Å². The molecule has 0 aromatic heterocycles. The fraction of sp³-hybridized carbons (Fsp3) is 0.0667. The highest BCUT2D eigenvalue weighted by molar-refractivity contribution is 9.10. The highest BCUT2D eigenvalue weighted by Gasteiger charge is 2.17. The lowest BCUT2D eigenvalue weighted by Crippen LogP contribution is -2.19. The molecule has 0 bridgehead atoms. The van der Waals surface area contributed by atoms with Gasteiger partial charge in [0.1, 0.15) is 5.82 Å². The van der Waals surface area contributed by atoms with E-state index in [9.17, 15) is 19.3 Å². The first kappa shape index (κ1) is 16.8. The molecule has 0 saturated heterocycles. The number of carbonyl (C=O) groups excluding carboxylic acids is 1. The van der Waals surface area contributed by atoms with Crippen LogP contribution >= 0.6 is 15.9 Å². The van der Waals surface area contributed by atoms with Crippen LogP contribution < -0.4 is 5.43 Å². The molecule has 0 heterocycles. The molecule has 118 valence electrons. The molecule has 0 aliphatic heterocycles. The van der Waals surface area contributed by atoms with Crippen molar-refractivity contribution in [3.05, 3.63) is 73.5 Å². The summed E-state index contributed by atoms with van der Waals surface area (Å²) in [5.74, 6) is -0.970. The van der Waals surface area contributed by atoms with Gasteiger partial charge in [0.05, 0.1) is 21.2 Å². The number of hydrogen-bond donors (Lipinski definition) is 1. The number of benzene rings is 2. The van der Waals surface area contributed by atoms with Crippen molar-refractivity contribution in [2.24, 2.45) is 5.10 Å². The van der Waals surface area contributed by atoms with Crippen LogP contribution in [0.15, 0.2) is 46.0 Å². The number of rotatable bonds is 4. The molecule has 8 heteroatoms. The molecular formula is C15H11BrFN3O3. The van der Waals surface area contributed by atoms with Gasteiger partial charge >= 0.3 is 0 Å². The molecule has 1 N–H and O–H groups in total. The molecule has 0 radical (unpaired) electrons. The van der Waals surface area contributed by atoms with Crippen LogP contribution in [0, 0.1) is 22.9 Å². The number of nitro benzene ring substituents is 1. The van der Waals surface area contributed by atoms with E-state index in [4.69, 9.17) is 0 Å². The summed E-state index contributed by atoms with van der Waals surface area (Å²) in [6.45, 7) is 1.49. The Morgan fingerprint density at radius 3 is 2.78 bits per heavy atom. The van der Waals surface area contributed by atoms with Crippen molar-refractivity contribution in [3.63, 3.8) is 0 Å². The molecule has 0 spiro atoms. The van der Waals surface area contributed by atoms with E-state index in [-0.39, 0.29) is 21.3 Å². The van der Waals surface area contributed by atoms with Gasteiger partial charge < -0.3 is 0 Å². The number of hydrogen-bond acceptors (Lipinski definition) is 4. The molecular weight excluding hydrogens is 369 g/mol. The second-order valence-corrected chi connectivity index (χ2v) is 5.43. The first-order chi connectivity index (χ1) is 10.9. The Balaban J connectivity index is 2.13. The average Bonchev–Trinajstić information content (AvgIpc) is 2.50. The summed E-state index contributed by atoms with van der Waals surface area (Å²) in [6, 6.07) is 8.49. The van der Waals surface area contributed by atoms with E-state index < -0.39 is 16.6 Å². The molecule has 6 nitrogen and oxygen atoms in total. The largest absolute Gasteiger partial charge is 0.273 e. The fourth-order valence-electron chi connectivity index (χ4n) is 1.89. The molecule has 2 aromatic carbocycles. The van der Waals surface area contributed by atoms with E-state index in [1.54, 1.807) is 0 Å². The molecule has 0 aliphatic carbocycles. The van der Waals surface area contributed by atoms with Crippen LogP contribution in [0.4, 0.5) is 10.1 Å². The number of hydrazone groups is 1. The van der Waals surface area contributed by atoms with Crippen molar-refractivity contribution >= 4 is 33.7 Å². The van der Waals surface area contributed by atoms with Crippen LogP contribution in [0.25, 0.3) is 0 Å². The summed E-state index contributed by atoms with van der Waals surface area (Å²) in [4.78, 5) is 22.3. The Morgan fingerprint density at radius 2 is 2.13 bits per heavy atom. The highest BCUT2D eigenvalue weighted by atomic mass is 79.9. The lowest BCUT2D eigenvalue weighted by Gasteiger charge is -2.04. The lowest BCUT2D eigenvalue weighted by molar-refractivity contribution is -0.385. The Hall–Kier alpha value is -2.61. The number of carbonyl (C=O) groups is 1. The normalized spacial score (nSPS) is 10.7. The van der Waals surface area contributed by atoms with Crippen LogP contribution in [0.1, 0.15) is 21.5 Å². The number of amides is 1. The van der Waals surface area contributed by atoms with Gasteiger partial charge in [0.15, 0.2) is 0 Å². The van der Waals surface area contributed by atoms with Crippen molar-refractivity contribution < 1.29 is 14.1 Å². The predicted octanol–water partition coefficient (Wildman–Crippen LogP) is 3.57.